The van der Waals surface area contributed by atoms with Crippen molar-refractivity contribution in [2.45, 2.75) is 6.92 Å². The van der Waals surface area contributed by atoms with Crippen molar-refractivity contribution in [2.75, 3.05) is 0 Å². The summed E-state index contributed by atoms with van der Waals surface area (Å²) >= 11 is 0. The van der Waals surface area contributed by atoms with E-state index in [1.54, 1.807) is 6.92 Å². The van der Waals surface area contributed by atoms with Gasteiger partial charge in [0.05, 0.1) is 0 Å². The van der Waals surface area contributed by atoms with Gasteiger partial charge in [-0.25, -0.2) is 0 Å². The summed E-state index contributed by atoms with van der Waals surface area (Å²) in [6.07, 6.45) is 1.50. The second-order valence-electron chi connectivity index (χ2n) is 0.333. The first-order valence-corrected chi connectivity index (χ1v) is 0.911. The van der Waals surface area contributed by atoms with Crippen molar-refractivity contribution in [1.82, 2.24) is 0 Å². The Morgan fingerprint density at radius 2 is 1.00 bits per heavy atom. The second-order valence-corrected chi connectivity index (χ2v) is 0.333. The molecule has 0 atom stereocenters. The monoisotopic (exact) mass is 777 g/mol. The Balaban J connectivity index is -0.00000000333. The van der Waals surface area contributed by atoms with Crippen molar-refractivity contribution in [3.8, 4) is 0 Å². The number of hydrogen-bond donors (Lipinski definition) is 0. The summed E-state index contributed by atoms with van der Waals surface area (Å²) in [4.78, 5) is 0. The van der Waals surface area contributed by atoms with Crippen LogP contribution in [-0.4, -0.2) is 0 Å². The molecular formula is C3H5W4-. The van der Waals surface area contributed by atoms with Crippen LogP contribution in [0.2, 0.25) is 0 Å². The van der Waals surface area contributed by atoms with Gasteiger partial charge in [-0.2, -0.15) is 0 Å². The minimum Gasteiger partial charge on any atom is -0.518 e. The number of hydrogen-bond acceptors (Lipinski definition) is 0. The van der Waals surface area contributed by atoms with Gasteiger partial charge in [-0.1, -0.05) is 6.92 Å². The van der Waals surface area contributed by atoms with Gasteiger partial charge in [0.2, 0.25) is 0 Å². The Labute approximate surface area is 102 Å². The second kappa shape index (κ2) is 39.1. The molecule has 0 amide bonds. The van der Waals surface area contributed by atoms with E-state index in [2.05, 4.69) is 0 Å². The van der Waals surface area contributed by atoms with E-state index >= 15 is 0 Å². The van der Waals surface area contributed by atoms with Gasteiger partial charge in [0.1, 0.15) is 0 Å². The zero-order valence-electron chi connectivity index (χ0n) is 3.79. The van der Waals surface area contributed by atoms with Crippen LogP contribution < -0.4 is 0 Å². The van der Waals surface area contributed by atoms with Crippen LogP contribution in [0.25, 0.3) is 0 Å². The third-order valence-electron chi connectivity index (χ3n) is 0. The molecule has 0 fully saturated rings. The largest absolute Gasteiger partial charge is 0.518 e. The molecule has 0 aromatic carbocycles. The fraction of sp³-hybridized carbons (Fsp3) is 0.333. The van der Waals surface area contributed by atoms with Crippen molar-refractivity contribution < 1.29 is 84.3 Å². The zero-order chi connectivity index (χ0) is 2.71. The first kappa shape index (κ1) is 33.9. The summed E-state index contributed by atoms with van der Waals surface area (Å²) in [7, 11) is 0. The van der Waals surface area contributed by atoms with E-state index in [4.69, 9.17) is 6.58 Å². The third-order valence-corrected chi connectivity index (χ3v) is 0. The van der Waals surface area contributed by atoms with Crippen LogP contribution in [-0.2, 0) is 84.3 Å². The van der Waals surface area contributed by atoms with Crippen LogP contribution in [0.15, 0.2) is 6.08 Å². The maximum atomic E-state index is 4.72. The molecule has 0 N–H and O–H groups in total. The number of allylic oxidation sites excluding steroid dienone is 1. The molecule has 4 heteroatoms. The van der Waals surface area contributed by atoms with E-state index in [0.29, 0.717) is 0 Å². The maximum Gasteiger partial charge on any atom is 0 e. The minimum atomic E-state index is 0. The Morgan fingerprint density at radius 3 is 1.00 bits per heavy atom. The quantitative estimate of drug-likeness (QED) is 0.323. The van der Waals surface area contributed by atoms with Gasteiger partial charge in [0.15, 0.2) is 0 Å². The summed E-state index contributed by atoms with van der Waals surface area (Å²) < 4.78 is 0. The predicted octanol–water partition coefficient (Wildman–Crippen LogP) is 0.985. The van der Waals surface area contributed by atoms with Gasteiger partial charge < -0.3 is 6.58 Å². The van der Waals surface area contributed by atoms with Crippen molar-refractivity contribution in [1.29, 1.82) is 0 Å². The summed E-state index contributed by atoms with van der Waals surface area (Å²) in [5.41, 5.74) is 0. The molecule has 0 radical (unpaired) electrons. The molecular weight excluding hydrogens is 771 g/mol. The molecule has 42 valence electrons. The smallest absolute Gasteiger partial charge is 0 e. The summed E-state index contributed by atoms with van der Waals surface area (Å²) in [5, 5.41) is 0. The molecule has 0 unspecified atom stereocenters. The molecule has 0 saturated carbocycles. The SMILES string of the molecule is [CH-]=CC.[W].[W].[W].[W]. The molecule has 0 nitrogen and oxygen atoms in total. The fourth-order valence-corrected chi connectivity index (χ4v) is 0. The molecule has 0 spiro atoms. The molecule has 0 aromatic rings. The molecule has 0 heterocycles. The maximum absolute atomic E-state index is 4.72. The van der Waals surface area contributed by atoms with E-state index in [9.17, 15) is 0 Å². The van der Waals surface area contributed by atoms with Gasteiger partial charge in [-0.05, 0) is 0 Å². The molecule has 0 rings (SSSR count). The first-order valence-electron chi connectivity index (χ1n) is 0.911. The van der Waals surface area contributed by atoms with Crippen LogP contribution in [0.4, 0.5) is 0 Å². The van der Waals surface area contributed by atoms with Crippen molar-refractivity contribution in [2.24, 2.45) is 0 Å². The molecule has 0 aliphatic rings. The van der Waals surface area contributed by atoms with E-state index in [0.717, 1.165) is 0 Å². The van der Waals surface area contributed by atoms with Crippen molar-refractivity contribution in [3.05, 3.63) is 12.7 Å². The topological polar surface area (TPSA) is 0 Å². The predicted molar refractivity (Wildman–Crippen MR) is 14.5 cm³/mol. The summed E-state index contributed by atoms with van der Waals surface area (Å²) in [5.74, 6) is 0. The van der Waals surface area contributed by atoms with Gasteiger partial charge in [-0.15, -0.1) is 0 Å². The first-order chi connectivity index (χ1) is 1.41. The zero-order valence-corrected chi connectivity index (χ0v) is 15.5. The van der Waals surface area contributed by atoms with Gasteiger partial charge in [0.25, 0.3) is 0 Å². The Kier molecular flexibility index (Phi) is 189. The van der Waals surface area contributed by atoms with E-state index < -0.39 is 0 Å². The third kappa shape index (κ3) is 57.6. The van der Waals surface area contributed by atoms with Crippen LogP contribution in [0.5, 0.6) is 0 Å². The van der Waals surface area contributed by atoms with Gasteiger partial charge in [-0.3, -0.25) is 6.08 Å². The van der Waals surface area contributed by atoms with Gasteiger partial charge >= 0.3 is 0 Å². The standard InChI is InChI=1S/C3H5.4W/c1-3-2;;;;/h1,3H,2H3;;;;/q-1;;;;. The normalized spacial score (nSPS) is 1.86. The van der Waals surface area contributed by atoms with Crippen LogP contribution in [0, 0.1) is 6.58 Å². The van der Waals surface area contributed by atoms with Gasteiger partial charge in [0, 0.05) is 84.3 Å². The summed E-state index contributed by atoms with van der Waals surface area (Å²) in [6.45, 7) is 6.50. The van der Waals surface area contributed by atoms with Crippen molar-refractivity contribution in [3.63, 3.8) is 0 Å². The van der Waals surface area contributed by atoms with E-state index in [1.165, 1.54) is 6.08 Å². The fourth-order valence-electron chi connectivity index (χ4n) is 0. The van der Waals surface area contributed by atoms with Crippen LogP contribution >= 0.6 is 0 Å². The Morgan fingerprint density at radius 1 is 1.00 bits per heavy atom. The van der Waals surface area contributed by atoms with Crippen molar-refractivity contribution >= 4 is 0 Å². The Hall–Kier alpha value is 2.49. The molecule has 0 bridgehead atoms. The average Bonchev–Trinajstić information content (AvgIpc) is 0.918. The Bertz CT molecular complexity index is 14.4. The summed E-state index contributed by atoms with van der Waals surface area (Å²) in [6, 6.07) is 0. The molecule has 0 aliphatic heterocycles. The minimum absolute atomic E-state index is 0. The van der Waals surface area contributed by atoms with Crippen LogP contribution in [0.1, 0.15) is 6.92 Å². The average molecular weight is 776 g/mol. The molecule has 0 saturated heterocycles. The van der Waals surface area contributed by atoms with E-state index in [1.807, 2.05) is 0 Å². The van der Waals surface area contributed by atoms with Crippen LogP contribution in [0.3, 0.4) is 0 Å². The molecule has 0 aliphatic carbocycles. The molecule has 7 heavy (non-hydrogen) atoms. The molecule has 0 aromatic heterocycles. The number of rotatable bonds is 0. The van der Waals surface area contributed by atoms with E-state index in [-0.39, 0.29) is 84.3 Å².